The van der Waals surface area contributed by atoms with Crippen LogP contribution < -0.4 is 9.80 Å². The van der Waals surface area contributed by atoms with E-state index >= 15 is 0 Å². The maximum absolute atomic E-state index is 13.8. The fourth-order valence-electron chi connectivity index (χ4n) is 18.2. The molecule has 2 heterocycles. The summed E-state index contributed by atoms with van der Waals surface area (Å²) in [5, 5.41) is 6.77. The highest BCUT2D eigenvalue weighted by Crippen LogP contribution is 2.50. The molecule has 20 aromatic carbocycles. The summed E-state index contributed by atoms with van der Waals surface area (Å²) in [5.74, 6) is -0.258. The quantitative estimate of drug-likeness (QED) is 0.0802. The second-order valence-corrected chi connectivity index (χ2v) is 31.4. The molecule has 0 saturated carbocycles. The van der Waals surface area contributed by atoms with Crippen molar-refractivity contribution in [1.29, 1.82) is 0 Å². The van der Waals surface area contributed by atoms with Gasteiger partial charge in [-0.1, -0.05) is 406 Å². The number of nitrogens with zero attached hydrogens (tertiary/aromatic N) is 2. The molecule has 0 unspecified atom stereocenters. The van der Waals surface area contributed by atoms with E-state index in [4.69, 9.17) is 8.83 Å². The van der Waals surface area contributed by atoms with Gasteiger partial charge in [0.25, 0.3) is 0 Å². The Labute approximate surface area is 720 Å². The van der Waals surface area contributed by atoms with Crippen LogP contribution in [0, 0.1) is 5.82 Å². The van der Waals surface area contributed by atoms with Crippen LogP contribution in [0.1, 0.15) is 22.3 Å². The van der Waals surface area contributed by atoms with Crippen molar-refractivity contribution in [3.63, 3.8) is 0 Å². The largest absolute Gasteiger partial charge is 0.455 e. The Hall–Kier alpha value is -16.2. The van der Waals surface area contributed by atoms with Crippen molar-refractivity contribution >= 4 is 88.8 Å². The standard InChI is InChI=1S/C71H49NO.C48H32FNO/c1-5-19-50(20-6-1)51-39-45-60(46-40-51)72(61-47-41-54(42-48-61)64-32-15-24-52-23-13-14-31-63(52)64)62-30-16-29-59(49-62)71(56-25-9-3-10-26-56,57-27-11-4-12-28-57)58-43-37-55(38-44-58)66-34-18-36-68-67-35-17-33-65(69(67)73-70(66)68)53-21-7-2-8-22-53;49-39-26-20-37(21-27-39)43-16-8-18-45-46-19-9-17-44(48(46)51-47(43)45)38-14-7-15-42(32-38)50(40-28-22-35(23-29-40)33-10-3-1-4-11-33)41-30-24-36(25-31-41)34-12-5-2-6-13-34/h1-49H;1-32H. The zero-order chi connectivity index (χ0) is 82.7. The van der Waals surface area contributed by atoms with Crippen molar-refractivity contribution < 1.29 is 13.2 Å². The molecule has 0 aliphatic rings. The molecular weight excluding hydrogens is 1510 g/mol. The van der Waals surface area contributed by atoms with Gasteiger partial charge in [-0.25, -0.2) is 4.39 Å². The van der Waals surface area contributed by atoms with E-state index in [0.717, 1.165) is 134 Å². The van der Waals surface area contributed by atoms with Gasteiger partial charge in [-0.15, -0.1) is 0 Å². The van der Waals surface area contributed by atoms with E-state index in [1.807, 2.05) is 24.3 Å². The first-order chi connectivity index (χ1) is 61.4. The SMILES string of the molecule is Fc1ccc(-c2cccc3c2oc2c(-c4cccc(N(c5ccc(-c6ccccc6)cc5)c5ccc(-c6ccccc6)cc5)c4)cccc23)cc1.c1ccc(-c2ccc(N(c3ccc(-c4cccc5ccccc45)cc3)c3cccc(C(c4ccccc4)(c4ccccc4)c4ccc(-c5cccc6c5oc5c(-c7ccccc7)cccc56)cc4)c3)cc2)cc1. The second kappa shape index (κ2) is 33.2. The van der Waals surface area contributed by atoms with E-state index in [1.54, 1.807) is 12.1 Å². The van der Waals surface area contributed by atoms with Crippen molar-refractivity contribution in [2.75, 3.05) is 9.80 Å². The zero-order valence-electron chi connectivity index (χ0n) is 67.9. The first-order valence-corrected chi connectivity index (χ1v) is 42.2. The van der Waals surface area contributed by atoms with Crippen LogP contribution in [-0.4, -0.2) is 0 Å². The normalized spacial score (nSPS) is 11.4. The molecule has 4 nitrogen and oxygen atoms in total. The molecule has 2 aromatic heterocycles. The molecule has 0 N–H and O–H groups in total. The first-order valence-electron chi connectivity index (χ1n) is 42.2. The van der Waals surface area contributed by atoms with Crippen molar-refractivity contribution in [3.8, 4) is 89.0 Å². The van der Waals surface area contributed by atoms with Crippen LogP contribution in [0.15, 0.2) is 500 Å². The molecule has 124 heavy (non-hydrogen) atoms. The summed E-state index contributed by atoms with van der Waals surface area (Å²) in [6, 6.07) is 174. The Morgan fingerprint density at radius 1 is 0.169 bits per heavy atom. The minimum absolute atomic E-state index is 0.258. The molecule has 0 spiro atoms. The molecule has 22 rings (SSSR count). The maximum Gasteiger partial charge on any atom is 0.143 e. The van der Waals surface area contributed by atoms with Crippen LogP contribution in [0.4, 0.5) is 38.5 Å². The van der Waals surface area contributed by atoms with Crippen LogP contribution in [0.5, 0.6) is 0 Å². The number of fused-ring (bicyclic) bond motifs is 7. The van der Waals surface area contributed by atoms with Crippen LogP contribution in [0.2, 0.25) is 0 Å². The number of rotatable bonds is 18. The lowest BCUT2D eigenvalue weighted by Crippen LogP contribution is -2.31. The van der Waals surface area contributed by atoms with Gasteiger partial charge in [0.15, 0.2) is 0 Å². The fraction of sp³-hybridized carbons (Fsp3) is 0.00840. The third kappa shape index (κ3) is 14.3. The molecule has 0 radical (unpaired) electrons. The highest BCUT2D eigenvalue weighted by Gasteiger charge is 2.39. The van der Waals surface area contributed by atoms with Gasteiger partial charge in [0.2, 0.25) is 0 Å². The van der Waals surface area contributed by atoms with Crippen LogP contribution in [0.3, 0.4) is 0 Å². The van der Waals surface area contributed by atoms with Gasteiger partial charge in [0, 0.05) is 77.9 Å². The monoisotopic (exact) mass is 1590 g/mol. The average Bonchev–Trinajstić information content (AvgIpc) is 0.945. The first kappa shape index (κ1) is 75.3. The molecule has 5 heteroatoms. The molecule has 0 aliphatic heterocycles. The fourth-order valence-corrected chi connectivity index (χ4v) is 18.2. The van der Waals surface area contributed by atoms with E-state index in [2.05, 4.69) is 453 Å². The molecular formula is C119H81FN2O2. The van der Waals surface area contributed by atoms with Crippen molar-refractivity contribution in [1.82, 2.24) is 0 Å². The predicted molar refractivity (Wildman–Crippen MR) is 516 cm³/mol. The van der Waals surface area contributed by atoms with Gasteiger partial charge >= 0.3 is 0 Å². The predicted octanol–water partition coefficient (Wildman–Crippen LogP) is 33.1. The number of anilines is 6. The average molecular weight is 1590 g/mol. The number of benzene rings is 20. The van der Waals surface area contributed by atoms with Gasteiger partial charge in [0.1, 0.15) is 28.1 Å². The highest BCUT2D eigenvalue weighted by molar-refractivity contribution is 6.15. The van der Waals surface area contributed by atoms with E-state index in [9.17, 15) is 4.39 Å². The Bertz CT molecular complexity index is 7400. The number of hydrogen-bond donors (Lipinski definition) is 0. The topological polar surface area (TPSA) is 32.8 Å². The number of para-hydroxylation sites is 4. The lowest BCUT2D eigenvalue weighted by Gasteiger charge is -2.38. The maximum atomic E-state index is 13.8. The third-order valence-corrected chi connectivity index (χ3v) is 24.2. The highest BCUT2D eigenvalue weighted by atomic mass is 19.1. The Morgan fingerprint density at radius 3 is 0.855 bits per heavy atom. The summed E-state index contributed by atoms with van der Waals surface area (Å²) in [5.41, 5.74) is 31.5. The van der Waals surface area contributed by atoms with Crippen LogP contribution in [0.25, 0.3) is 144 Å². The lowest BCUT2D eigenvalue weighted by molar-refractivity contribution is 0.628. The van der Waals surface area contributed by atoms with Gasteiger partial charge in [0.05, 0.1) is 5.41 Å². The van der Waals surface area contributed by atoms with Crippen molar-refractivity contribution in [2.24, 2.45) is 0 Å². The van der Waals surface area contributed by atoms with Crippen molar-refractivity contribution in [3.05, 3.63) is 519 Å². The minimum Gasteiger partial charge on any atom is -0.455 e. The molecule has 586 valence electrons. The molecule has 0 saturated heterocycles. The number of hydrogen-bond acceptors (Lipinski definition) is 4. The van der Waals surface area contributed by atoms with Crippen molar-refractivity contribution in [2.45, 2.75) is 5.41 Å². The molecule has 0 atom stereocenters. The molecule has 0 fully saturated rings. The molecule has 0 aliphatic carbocycles. The van der Waals surface area contributed by atoms with Crippen LogP contribution in [-0.2, 0) is 5.41 Å². The number of halogens is 1. The Kier molecular flexibility index (Phi) is 20.1. The summed E-state index contributed by atoms with van der Waals surface area (Å²) in [6.07, 6.45) is 0. The summed E-state index contributed by atoms with van der Waals surface area (Å²) in [6.45, 7) is 0. The van der Waals surface area contributed by atoms with E-state index < -0.39 is 5.41 Å². The van der Waals surface area contributed by atoms with Gasteiger partial charge < -0.3 is 18.6 Å². The van der Waals surface area contributed by atoms with E-state index in [0.29, 0.717) is 0 Å². The zero-order valence-corrected chi connectivity index (χ0v) is 67.9. The summed E-state index contributed by atoms with van der Waals surface area (Å²) >= 11 is 0. The summed E-state index contributed by atoms with van der Waals surface area (Å²) in [4.78, 5) is 4.70. The summed E-state index contributed by atoms with van der Waals surface area (Å²) in [7, 11) is 0. The molecule has 0 amide bonds. The smallest absolute Gasteiger partial charge is 0.143 e. The molecule has 22 aromatic rings. The van der Waals surface area contributed by atoms with Gasteiger partial charge in [-0.3, -0.25) is 0 Å². The Balaban J connectivity index is 0.000000162. The Morgan fingerprint density at radius 2 is 0.427 bits per heavy atom. The van der Waals surface area contributed by atoms with Crippen LogP contribution >= 0.6 is 0 Å². The number of furan rings is 2. The van der Waals surface area contributed by atoms with Gasteiger partial charge in [-0.05, 0) is 185 Å². The second-order valence-electron chi connectivity index (χ2n) is 31.4. The minimum atomic E-state index is -0.700. The van der Waals surface area contributed by atoms with E-state index in [1.165, 1.54) is 78.5 Å². The van der Waals surface area contributed by atoms with Gasteiger partial charge in [-0.2, -0.15) is 0 Å². The third-order valence-electron chi connectivity index (χ3n) is 24.2. The van der Waals surface area contributed by atoms with E-state index in [-0.39, 0.29) is 5.82 Å². The summed E-state index contributed by atoms with van der Waals surface area (Å²) < 4.78 is 27.4. The molecule has 0 bridgehead atoms. The lowest BCUT2D eigenvalue weighted by atomic mass is 9.65.